The summed E-state index contributed by atoms with van der Waals surface area (Å²) in [7, 11) is 1.84. The molecule has 2 unspecified atom stereocenters. The molecule has 0 radical (unpaired) electrons. The average molecular weight is 169 g/mol. The van der Waals surface area contributed by atoms with Crippen LogP contribution in [0.4, 0.5) is 0 Å². The molecule has 2 atom stereocenters. The highest BCUT2D eigenvalue weighted by molar-refractivity contribution is 4.88. The third kappa shape index (κ3) is 1.64. The molecule has 70 valence electrons. The molecule has 0 amide bonds. The Kier molecular flexibility index (Phi) is 2.66. The maximum absolute atomic E-state index is 5.43. The molecule has 0 aliphatic heterocycles. The Labute approximate surface area is 74.7 Å². The molecule has 0 spiro atoms. The molecule has 0 aromatic rings. The number of hydrogen-bond donors (Lipinski definition) is 1. The zero-order valence-electron chi connectivity index (χ0n) is 7.88. The molecule has 2 rings (SSSR count). The molecule has 2 saturated carbocycles. The Morgan fingerprint density at radius 1 is 1.08 bits per heavy atom. The van der Waals surface area contributed by atoms with Crippen molar-refractivity contribution < 1.29 is 4.74 Å². The predicted molar refractivity (Wildman–Crippen MR) is 49.2 cm³/mol. The van der Waals surface area contributed by atoms with Gasteiger partial charge in [-0.3, -0.25) is 0 Å². The topological polar surface area (TPSA) is 21.3 Å². The van der Waals surface area contributed by atoms with Gasteiger partial charge in [0.25, 0.3) is 0 Å². The maximum atomic E-state index is 5.43. The van der Waals surface area contributed by atoms with Gasteiger partial charge in [0.1, 0.15) is 0 Å². The number of nitrogens with one attached hydrogen (secondary N) is 1. The Morgan fingerprint density at radius 2 is 1.83 bits per heavy atom. The maximum Gasteiger partial charge on any atom is 0.0724 e. The van der Waals surface area contributed by atoms with E-state index in [2.05, 4.69) is 5.32 Å². The zero-order valence-corrected chi connectivity index (χ0v) is 7.88. The van der Waals surface area contributed by atoms with Crippen LogP contribution in [0.15, 0.2) is 0 Å². The molecule has 0 heterocycles. The van der Waals surface area contributed by atoms with Crippen LogP contribution in [0.3, 0.4) is 0 Å². The minimum absolute atomic E-state index is 0.491. The van der Waals surface area contributed by atoms with Gasteiger partial charge < -0.3 is 10.1 Å². The van der Waals surface area contributed by atoms with Gasteiger partial charge in [-0.25, -0.2) is 0 Å². The van der Waals surface area contributed by atoms with Gasteiger partial charge in [0.05, 0.1) is 6.10 Å². The quantitative estimate of drug-likeness (QED) is 0.694. The highest BCUT2D eigenvalue weighted by Crippen LogP contribution is 2.25. The lowest BCUT2D eigenvalue weighted by Gasteiger charge is -2.32. The smallest absolute Gasteiger partial charge is 0.0724 e. The first-order chi connectivity index (χ1) is 5.90. The summed E-state index contributed by atoms with van der Waals surface area (Å²) < 4.78 is 5.43. The van der Waals surface area contributed by atoms with Crippen LogP contribution < -0.4 is 5.32 Å². The molecular weight excluding hydrogens is 150 g/mol. The van der Waals surface area contributed by atoms with Crippen LogP contribution in [0.5, 0.6) is 0 Å². The monoisotopic (exact) mass is 169 g/mol. The molecule has 0 aromatic carbocycles. The van der Waals surface area contributed by atoms with E-state index in [4.69, 9.17) is 4.74 Å². The van der Waals surface area contributed by atoms with Crippen LogP contribution in [-0.4, -0.2) is 25.3 Å². The molecule has 2 heteroatoms. The summed E-state index contributed by atoms with van der Waals surface area (Å²) in [5, 5.41) is 3.69. The van der Waals surface area contributed by atoms with Crippen molar-refractivity contribution in [3.05, 3.63) is 0 Å². The highest BCUT2D eigenvalue weighted by Gasteiger charge is 2.30. The molecule has 2 aliphatic rings. The molecular formula is C10H19NO. The van der Waals surface area contributed by atoms with E-state index in [0.29, 0.717) is 12.1 Å². The van der Waals surface area contributed by atoms with Crippen molar-refractivity contribution in [3.63, 3.8) is 0 Å². The first-order valence-corrected chi connectivity index (χ1v) is 5.19. The number of rotatable bonds is 3. The summed E-state index contributed by atoms with van der Waals surface area (Å²) in [5.41, 5.74) is 0. The molecule has 0 aromatic heterocycles. The molecule has 12 heavy (non-hydrogen) atoms. The minimum atomic E-state index is 0.491. The van der Waals surface area contributed by atoms with Crippen molar-refractivity contribution in [2.45, 2.75) is 56.7 Å². The van der Waals surface area contributed by atoms with E-state index in [-0.39, 0.29) is 0 Å². The van der Waals surface area contributed by atoms with Crippen molar-refractivity contribution in [1.29, 1.82) is 0 Å². The van der Waals surface area contributed by atoms with Gasteiger partial charge in [0, 0.05) is 19.2 Å². The summed E-state index contributed by atoms with van der Waals surface area (Å²) in [4.78, 5) is 0. The van der Waals surface area contributed by atoms with Gasteiger partial charge in [-0.2, -0.15) is 0 Å². The van der Waals surface area contributed by atoms with E-state index in [0.717, 1.165) is 6.04 Å². The van der Waals surface area contributed by atoms with Crippen molar-refractivity contribution in [3.8, 4) is 0 Å². The SMILES string of the molecule is COC1CCCC1NC1CCC1. The van der Waals surface area contributed by atoms with E-state index < -0.39 is 0 Å². The molecule has 2 aliphatic carbocycles. The van der Waals surface area contributed by atoms with Crippen LogP contribution in [0, 0.1) is 0 Å². The van der Waals surface area contributed by atoms with Crippen molar-refractivity contribution >= 4 is 0 Å². The fourth-order valence-electron chi connectivity index (χ4n) is 2.28. The zero-order chi connectivity index (χ0) is 8.39. The van der Waals surface area contributed by atoms with Gasteiger partial charge in [-0.1, -0.05) is 6.42 Å². The first-order valence-electron chi connectivity index (χ1n) is 5.19. The number of methoxy groups -OCH3 is 1. The first kappa shape index (κ1) is 8.52. The van der Waals surface area contributed by atoms with Gasteiger partial charge >= 0.3 is 0 Å². The van der Waals surface area contributed by atoms with Crippen molar-refractivity contribution in [1.82, 2.24) is 5.32 Å². The van der Waals surface area contributed by atoms with Crippen LogP contribution in [0.1, 0.15) is 38.5 Å². The molecule has 2 nitrogen and oxygen atoms in total. The summed E-state index contributed by atoms with van der Waals surface area (Å²) >= 11 is 0. The Bertz CT molecular complexity index is 145. The Balaban J connectivity index is 1.77. The van der Waals surface area contributed by atoms with Gasteiger partial charge in [-0.05, 0) is 32.1 Å². The lowest BCUT2D eigenvalue weighted by molar-refractivity contribution is 0.0766. The largest absolute Gasteiger partial charge is 0.380 e. The molecule has 0 bridgehead atoms. The average Bonchev–Trinajstić information content (AvgIpc) is 2.43. The lowest BCUT2D eigenvalue weighted by atomic mass is 9.92. The van der Waals surface area contributed by atoms with Crippen molar-refractivity contribution in [2.75, 3.05) is 7.11 Å². The van der Waals surface area contributed by atoms with E-state index in [1.807, 2.05) is 7.11 Å². The van der Waals surface area contributed by atoms with Crippen LogP contribution in [-0.2, 0) is 4.74 Å². The fraction of sp³-hybridized carbons (Fsp3) is 1.00. The van der Waals surface area contributed by atoms with E-state index in [1.54, 1.807) is 0 Å². The van der Waals surface area contributed by atoms with Crippen LogP contribution >= 0.6 is 0 Å². The van der Waals surface area contributed by atoms with Crippen LogP contribution in [0.25, 0.3) is 0 Å². The predicted octanol–water partition coefficient (Wildman–Crippen LogP) is 1.70. The minimum Gasteiger partial charge on any atom is -0.380 e. The molecule has 2 fully saturated rings. The number of hydrogen-bond acceptors (Lipinski definition) is 2. The standard InChI is InChI=1S/C10H19NO/c1-12-10-7-3-6-9(10)11-8-4-2-5-8/h8-11H,2-7H2,1H3. The summed E-state index contributed by atoms with van der Waals surface area (Å²) in [5.74, 6) is 0. The van der Waals surface area contributed by atoms with Gasteiger partial charge in [0.15, 0.2) is 0 Å². The normalized spacial score (nSPS) is 36.8. The second kappa shape index (κ2) is 3.75. The van der Waals surface area contributed by atoms with Gasteiger partial charge in [-0.15, -0.1) is 0 Å². The van der Waals surface area contributed by atoms with Crippen molar-refractivity contribution in [2.24, 2.45) is 0 Å². The van der Waals surface area contributed by atoms with E-state index in [1.165, 1.54) is 38.5 Å². The third-order valence-corrected chi connectivity index (χ3v) is 3.31. The summed E-state index contributed by atoms with van der Waals surface area (Å²) in [6.45, 7) is 0. The Hall–Kier alpha value is -0.0800. The second-order valence-electron chi connectivity index (χ2n) is 4.11. The Morgan fingerprint density at radius 3 is 2.42 bits per heavy atom. The summed E-state index contributed by atoms with van der Waals surface area (Å²) in [6.07, 6.45) is 8.58. The fourth-order valence-corrected chi connectivity index (χ4v) is 2.28. The van der Waals surface area contributed by atoms with Crippen LogP contribution in [0.2, 0.25) is 0 Å². The van der Waals surface area contributed by atoms with E-state index >= 15 is 0 Å². The second-order valence-corrected chi connectivity index (χ2v) is 4.11. The van der Waals surface area contributed by atoms with Gasteiger partial charge in [0.2, 0.25) is 0 Å². The summed E-state index contributed by atoms with van der Waals surface area (Å²) in [6, 6.07) is 1.46. The number of ether oxygens (including phenoxy) is 1. The molecule has 1 N–H and O–H groups in total. The van der Waals surface area contributed by atoms with E-state index in [9.17, 15) is 0 Å². The lowest BCUT2D eigenvalue weighted by Crippen LogP contribution is -2.46. The highest BCUT2D eigenvalue weighted by atomic mass is 16.5. The third-order valence-electron chi connectivity index (χ3n) is 3.31. The molecule has 0 saturated heterocycles.